The van der Waals surface area contributed by atoms with Gasteiger partial charge in [-0.05, 0) is 31.9 Å². The number of hydrogen-bond acceptors (Lipinski definition) is 9. The van der Waals surface area contributed by atoms with Crippen molar-refractivity contribution in [2.75, 3.05) is 17.2 Å². The summed E-state index contributed by atoms with van der Waals surface area (Å²) in [7, 11) is 0. The Morgan fingerprint density at radius 2 is 2.17 bits per heavy atom. The molecule has 1 aliphatic carbocycles. The van der Waals surface area contributed by atoms with Crippen LogP contribution in [-0.4, -0.2) is 33.4 Å². The molecule has 4 rings (SSSR count). The SMILES string of the molecule is CCOC(=O)C1CCc2sc(NC(=O)Cc3csc(Nc4ccccn4)n3)nc21. The van der Waals surface area contributed by atoms with Crippen LogP contribution in [0.3, 0.4) is 0 Å². The lowest BCUT2D eigenvalue weighted by Crippen LogP contribution is -2.16. The second-order valence-corrected chi connectivity index (χ2v) is 8.32. The van der Waals surface area contributed by atoms with Crippen LogP contribution in [0.1, 0.15) is 35.5 Å². The largest absolute Gasteiger partial charge is 0.465 e. The first-order valence-corrected chi connectivity index (χ1v) is 10.9. The molecule has 0 saturated carbocycles. The van der Waals surface area contributed by atoms with Crippen molar-refractivity contribution in [3.63, 3.8) is 0 Å². The number of carbonyl (C=O) groups excluding carboxylic acids is 2. The van der Waals surface area contributed by atoms with Gasteiger partial charge < -0.3 is 15.4 Å². The standard InChI is InChI=1S/C19H19N5O3S2/c1-2-27-17(26)12-6-7-13-16(12)24-19(29-13)23-15(25)9-11-10-28-18(21-11)22-14-5-3-4-8-20-14/h3-5,8,10,12H,2,6-7,9H2,1H3,(H,20,21,22)(H,23,24,25). The molecule has 0 spiro atoms. The number of hydrogen-bond donors (Lipinski definition) is 2. The van der Waals surface area contributed by atoms with E-state index in [9.17, 15) is 9.59 Å². The Morgan fingerprint density at radius 1 is 1.28 bits per heavy atom. The number of amides is 1. The highest BCUT2D eigenvalue weighted by molar-refractivity contribution is 7.16. The van der Waals surface area contributed by atoms with E-state index in [1.165, 1.54) is 22.7 Å². The van der Waals surface area contributed by atoms with Gasteiger partial charge in [0.1, 0.15) is 11.7 Å². The molecule has 3 aromatic rings. The summed E-state index contributed by atoms with van der Waals surface area (Å²) >= 11 is 2.83. The van der Waals surface area contributed by atoms with E-state index in [2.05, 4.69) is 25.6 Å². The number of ether oxygens (including phenoxy) is 1. The maximum atomic E-state index is 12.4. The van der Waals surface area contributed by atoms with Crippen LogP contribution in [0.25, 0.3) is 0 Å². The number of carbonyl (C=O) groups is 2. The molecule has 0 saturated heterocycles. The molecule has 150 valence electrons. The summed E-state index contributed by atoms with van der Waals surface area (Å²) < 4.78 is 5.12. The van der Waals surface area contributed by atoms with Crippen LogP contribution in [0, 0.1) is 0 Å². The third kappa shape index (κ3) is 4.60. The molecule has 1 aliphatic rings. The number of thiazole rings is 2. The maximum absolute atomic E-state index is 12.4. The van der Waals surface area contributed by atoms with Gasteiger partial charge in [0.2, 0.25) is 5.91 Å². The quantitative estimate of drug-likeness (QED) is 0.554. The lowest BCUT2D eigenvalue weighted by Gasteiger charge is -2.07. The van der Waals surface area contributed by atoms with E-state index >= 15 is 0 Å². The van der Waals surface area contributed by atoms with Crippen molar-refractivity contribution < 1.29 is 14.3 Å². The summed E-state index contributed by atoms with van der Waals surface area (Å²) in [6, 6.07) is 5.57. The number of aryl methyl sites for hydroxylation is 1. The molecule has 0 bridgehead atoms. The molecule has 3 aromatic heterocycles. The summed E-state index contributed by atoms with van der Waals surface area (Å²) in [4.78, 5) is 38.6. The number of pyridine rings is 1. The van der Waals surface area contributed by atoms with Crippen LogP contribution in [0.15, 0.2) is 29.8 Å². The van der Waals surface area contributed by atoms with E-state index < -0.39 is 0 Å². The topological polar surface area (TPSA) is 106 Å². The fraction of sp³-hybridized carbons (Fsp3) is 0.316. The summed E-state index contributed by atoms with van der Waals surface area (Å²) in [6.07, 6.45) is 3.33. The van der Waals surface area contributed by atoms with Crippen molar-refractivity contribution in [3.05, 3.63) is 46.0 Å². The van der Waals surface area contributed by atoms with Gasteiger partial charge in [0, 0.05) is 16.5 Å². The van der Waals surface area contributed by atoms with Crippen molar-refractivity contribution in [2.45, 2.75) is 32.1 Å². The van der Waals surface area contributed by atoms with Gasteiger partial charge in [-0.1, -0.05) is 6.07 Å². The average Bonchev–Trinajstić information content (AvgIpc) is 3.39. The molecule has 0 aliphatic heterocycles. The lowest BCUT2D eigenvalue weighted by molar-refractivity contribution is -0.145. The average molecular weight is 430 g/mol. The van der Waals surface area contributed by atoms with Gasteiger partial charge in [0.05, 0.1) is 24.4 Å². The summed E-state index contributed by atoms with van der Waals surface area (Å²) in [5, 5.41) is 8.95. The minimum atomic E-state index is -0.328. The number of esters is 1. The van der Waals surface area contributed by atoms with Gasteiger partial charge in [0.25, 0.3) is 0 Å². The number of fused-ring (bicyclic) bond motifs is 1. The first kappa shape index (κ1) is 19.5. The van der Waals surface area contributed by atoms with Crippen LogP contribution in [0.2, 0.25) is 0 Å². The highest BCUT2D eigenvalue weighted by Gasteiger charge is 2.33. The van der Waals surface area contributed by atoms with Crippen molar-refractivity contribution >= 4 is 50.6 Å². The lowest BCUT2D eigenvalue weighted by atomic mass is 10.1. The number of nitrogens with one attached hydrogen (secondary N) is 2. The zero-order valence-electron chi connectivity index (χ0n) is 15.7. The Kier molecular flexibility index (Phi) is 5.81. The molecule has 1 atom stereocenters. The van der Waals surface area contributed by atoms with Crippen LogP contribution >= 0.6 is 22.7 Å². The highest BCUT2D eigenvalue weighted by Crippen LogP contribution is 2.39. The van der Waals surface area contributed by atoms with Crippen molar-refractivity contribution in [1.82, 2.24) is 15.0 Å². The second-order valence-electron chi connectivity index (χ2n) is 6.38. The fourth-order valence-corrected chi connectivity index (χ4v) is 4.84. The van der Waals surface area contributed by atoms with Crippen molar-refractivity contribution in [1.29, 1.82) is 0 Å². The molecule has 2 N–H and O–H groups in total. The third-order valence-electron chi connectivity index (χ3n) is 4.33. The molecule has 29 heavy (non-hydrogen) atoms. The van der Waals surface area contributed by atoms with Gasteiger partial charge >= 0.3 is 5.97 Å². The van der Waals surface area contributed by atoms with Gasteiger partial charge in [-0.2, -0.15) is 0 Å². The Morgan fingerprint density at radius 3 is 2.97 bits per heavy atom. The van der Waals surface area contributed by atoms with E-state index in [1.54, 1.807) is 13.1 Å². The molecular formula is C19H19N5O3S2. The van der Waals surface area contributed by atoms with Crippen molar-refractivity contribution in [2.24, 2.45) is 0 Å². The van der Waals surface area contributed by atoms with Gasteiger partial charge in [-0.15, -0.1) is 22.7 Å². The Bertz CT molecular complexity index is 1020. The Hall–Kier alpha value is -2.85. The minimum absolute atomic E-state index is 0.145. The zero-order valence-corrected chi connectivity index (χ0v) is 17.3. The molecule has 10 heteroatoms. The first-order valence-electron chi connectivity index (χ1n) is 9.21. The third-order valence-corrected chi connectivity index (χ3v) is 6.18. The van der Waals surface area contributed by atoms with Crippen LogP contribution < -0.4 is 10.6 Å². The van der Waals surface area contributed by atoms with E-state index in [1.807, 2.05) is 23.6 Å². The van der Waals surface area contributed by atoms with E-state index in [0.29, 0.717) is 34.8 Å². The Labute approximate surface area is 175 Å². The summed E-state index contributed by atoms with van der Waals surface area (Å²) in [6.45, 7) is 2.14. The summed E-state index contributed by atoms with van der Waals surface area (Å²) in [5.74, 6) is -0.0680. The van der Waals surface area contributed by atoms with E-state index in [-0.39, 0.29) is 24.2 Å². The molecule has 1 amide bonds. The summed E-state index contributed by atoms with van der Waals surface area (Å²) in [5.41, 5.74) is 1.40. The minimum Gasteiger partial charge on any atom is -0.465 e. The van der Waals surface area contributed by atoms with Crippen LogP contribution in [0.5, 0.6) is 0 Å². The fourth-order valence-electron chi connectivity index (χ4n) is 3.07. The Balaban J connectivity index is 1.35. The number of aromatic nitrogens is 3. The number of anilines is 3. The smallest absolute Gasteiger partial charge is 0.315 e. The molecule has 3 heterocycles. The van der Waals surface area contributed by atoms with Crippen LogP contribution in [0.4, 0.5) is 16.1 Å². The molecule has 8 nitrogen and oxygen atoms in total. The second kappa shape index (κ2) is 8.66. The monoisotopic (exact) mass is 429 g/mol. The number of rotatable bonds is 7. The van der Waals surface area contributed by atoms with E-state index in [0.717, 1.165) is 17.0 Å². The molecule has 0 fully saturated rings. The predicted octanol–water partition coefficient (Wildman–Crippen LogP) is 3.51. The van der Waals surface area contributed by atoms with E-state index in [4.69, 9.17) is 4.74 Å². The van der Waals surface area contributed by atoms with Crippen molar-refractivity contribution in [3.8, 4) is 0 Å². The van der Waals surface area contributed by atoms with Gasteiger partial charge in [-0.3, -0.25) is 9.59 Å². The zero-order chi connectivity index (χ0) is 20.2. The number of nitrogens with zero attached hydrogens (tertiary/aromatic N) is 3. The molecule has 0 aromatic carbocycles. The van der Waals surface area contributed by atoms with Gasteiger partial charge in [-0.25, -0.2) is 15.0 Å². The first-order chi connectivity index (χ1) is 14.1. The van der Waals surface area contributed by atoms with Gasteiger partial charge in [0.15, 0.2) is 10.3 Å². The predicted molar refractivity (Wildman–Crippen MR) is 112 cm³/mol. The molecule has 0 radical (unpaired) electrons. The normalized spacial score (nSPS) is 15.0. The highest BCUT2D eigenvalue weighted by atomic mass is 32.1. The maximum Gasteiger partial charge on any atom is 0.315 e. The molecular weight excluding hydrogens is 410 g/mol. The molecule has 1 unspecified atom stereocenters. The van der Waals surface area contributed by atoms with Crippen LogP contribution in [-0.2, 0) is 27.2 Å².